The number of fused-ring (bicyclic) bond motifs is 1. The van der Waals surface area contributed by atoms with E-state index < -0.39 is 33.2 Å². The molecule has 0 spiro atoms. The average Bonchev–Trinajstić information content (AvgIpc) is 2.88. The van der Waals surface area contributed by atoms with Crippen LogP contribution >= 0.6 is 0 Å². The summed E-state index contributed by atoms with van der Waals surface area (Å²) in [7, 11) is 0. The Hall–Kier alpha value is -1.28. The Morgan fingerprint density at radius 3 is 2.94 bits per heavy atom. The van der Waals surface area contributed by atoms with Gasteiger partial charge < -0.3 is 9.88 Å². The van der Waals surface area contributed by atoms with Crippen LogP contribution in [0.3, 0.4) is 0 Å². The maximum atomic E-state index is 7.89. The lowest BCUT2D eigenvalue weighted by Gasteiger charge is -2.17. The lowest BCUT2D eigenvalue weighted by atomic mass is 10.1. The van der Waals surface area contributed by atoms with E-state index in [1.807, 2.05) is 18.2 Å². The fraction of sp³-hybridized carbons (Fsp3) is 0.429. The van der Waals surface area contributed by atoms with Crippen LogP contribution in [0.15, 0.2) is 30.5 Å². The van der Waals surface area contributed by atoms with Gasteiger partial charge in [-0.1, -0.05) is 31.9 Å². The van der Waals surface area contributed by atoms with Crippen LogP contribution in [0.2, 0.25) is 0 Å². The Balaban J connectivity index is 2.39. The van der Waals surface area contributed by atoms with Gasteiger partial charge in [-0.15, -0.1) is 0 Å². The Kier molecular flexibility index (Phi) is 1.35. The van der Waals surface area contributed by atoms with Crippen LogP contribution in [0.5, 0.6) is 0 Å². The second-order valence-corrected chi connectivity index (χ2v) is 3.48. The zero-order valence-electron chi connectivity index (χ0n) is 18.7. The van der Waals surface area contributed by atoms with Crippen LogP contribution in [-0.2, 0) is 6.42 Å². The summed E-state index contributed by atoms with van der Waals surface area (Å²) in [6, 6.07) is 7.29. The maximum absolute atomic E-state index is 7.89. The number of aromatic nitrogens is 1. The summed E-state index contributed by atoms with van der Waals surface area (Å²) in [5.41, 5.74) is 1.54. The van der Waals surface area contributed by atoms with E-state index in [4.69, 9.17) is 13.7 Å². The summed E-state index contributed by atoms with van der Waals surface area (Å²) in [5, 5.41) is 0.830. The SMILES string of the molecule is [2H]C([2H])([2H])C([2H])([2H])N(CCc1c[nH]c2ccccc12)C([2H])([2H])C([2H])([2H])[2H]. The summed E-state index contributed by atoms with van der Waals surface area (Å²) in [6.07, 6.45) is 1.74. The fourth-order valence-electron chi connectivity index (χ4n) is 1.71. The lowest BCUT2D eigenvalue weighted by molar-refractivity contribution is 0.308. The minimum Gasteiger partial charge on any atom is -0.361 e. The monoisotopic (exact) mass is 226 g/mol. The fourth-order valence-corrected chi connectivity index (χ4v) is 1.71. The Bertz CT molecular complexity index is 733. The van der Waals surface area contributed by atoms with Crippen LogP contribution < -0.4 is 0 Å². The van der Waals surface area contributed by atoms with Crippen molar-refractivity contribution >= 4 is 10.9 Å². The van der Waals surface area contributed by atoms with Gasteiger partial charge in [0.25, 0.3) is 0 Å². The van der Waals surface area contributed by atoms with Crippen molar-refractivity contribution < 1.29 is 13.7 Å². The van der Waals surface area contributed by atoms with Gasteiger partial charge in [-0.25, -0.2) is 0 Å². The molecule has 0 fully saturated rings. The molecule has 0 aliphatic heterocycles. The molecule has 0 aliphatic carbocycles. The van der Waals surface area contributed by atoms with Crippen LogP contribution in [0.4, 0.5) is 0 Å². The van der Waals surface area contributed by atoms with Crippen LogP contribution in [0, 0.1) is 0 Å². The first kappa shape index (κ1) is 4.19. The Morgan fingerprint density at radius 2 is 2.12 bits per heavy atom. The third kappa shape index (κ3) is 2.27. The zero-order chi connectivity index (χ0) is 20.0. The van der Waals surface area contributed by atoms with Crippen molar-refractivity contribution in [3.05, 3.63) is 36.0 Å². The highest BCUT2D eigenvalue weighted by Gasteiger charge is 2.04. The number of hydrogen-bond acceptors (Lipinski definition) is 1. The molecular formula is C14H20N2. The normalized spacial score (nSPS) is 24.1. The predicted octanol–water partition coefficient (Wildman–Crippen LogP) is 3.05. The van der Waals surface area contributed by atoms with E-state index in [-0.39, 0.29) is 6.42 Å². The average molecular weight is 226 g/mol. The number of nitrogens with zero attached hydrogens (tertiary/aromatic N) is 1. The van der Waals surface area contributed by atoms with Gasteiger partial charge >= 0.3 is 0 Å². The number of para-hydroxylation sites is 1. The molecule has 1 aromatic carbocycles. The second kappa shape index (κ2) is 5.17. The molecule has 0 bridgehead atoms. The molecule has 0 amide bonds. The smallest absolute Gasteiger partial charge is 0.0456 e. The molecule has 86 valence electrons. The third-order valence-electron chi connectivity index (χ3n) is 2.55. The van der Waals surface area contributed by atoms with Gasteiger partial charge in [-0.3, -0.25) is 0 Å². The van der Waals surface area contributed by atoms with Crippen molar-refractivity contribution in [1.82, 2.24) is 9.88 Å². The first-order valence-electron chi connectivity index (χ1n) is 10.0. The molecule has 2 nitrogen and oxygen atoms in total. The topological polar surface area (TPSA) is 19.0 Å². The molecule has 0 unspecified atom stereocenters. The van der Waals surface area contributed by atoms with Crippen molar-refractivity contribution in [3.8, 4) is 0 Å². The minimum absolute atomic E-state index is 0.0786. The van der Waals surface area contributed by atoms with E-state index in [1.165, 1.54) is 0 Å². The number of likely N-dealkylation sites (N-methyl/N-ethyl adjacent to an activating group) is 1. The van der Waals surface area contributed by atoms with Crippen molar-refractivity contribution in [2.24, 2.45) is 0 Å². The van der Waals surface area contributed by atoms with Crippen molar-refractivity contribution in [2.45, 2.75) is 20.1 Å². The van der Waals surface area contributed by atoms with Crippen molar-refractivity contribution in [1.29, 1.82) is 0 Å². The number of nitrogens with one attached hydrogen (secondary N) is 1. The Morgan fingerprint density at radius 1 is 1.31 bits per heavy atom. The summed E-state index contributed by atoms with van der Waals surface area (Å²) in [5.74, 6) is 0. The van der Waals surface area contributed by atoms with Gasteiger partial charge in [0.2, 0.25) is 0 Å². The van der Waals surface area contributed by atoms with Gasteiger partial charge in [0.15, 0.2) is 0 Å². The number of aromatic amines is 1. The number of hydrogen-bond donors (Lipinski definition) is 1. The van der Waals surface area contributed by atoms with E-state index in [1.54, 1.807) is 12.3 Å². The molecule has 2 heteroatoms. The van der Waals surface area contributed by atoms with E-state index in [9.17, 15) is 0 Å². The molecule has 0 atom stereocenters. The molecule has 0 saturated heterocycles. The quantitative estimate of drug-likeness (QED) is 0.830. The van der Waals surface area contributed by atoms with Crippen LogP contribution in [0.1, 0.15) is 33.0 Å². The second-order valence-electron chi connectivity index (χ2n) is 3.48. The third-order valence-corrected chi connectivity index (χ3v) is 2.55. The van der Waals surface area contributed by atoms with Crippen LogP contribution in [-0.4, -0.2) is 29.4 Å². The van der Waals surface area contributed by atoms with Gasteiger partial charge in [0.1, 0.15) is 0 Å². The maximum Gasteiger partial charge on any atom is 0.0456 e. The standard InChI is InChI=1S/C14H20N2/c1-3-16(4-2)10-9-12-11-15-14-8-6-5-7-13(12)14/h5-8,11,15H,3-4,9-10H2,1-2H3/i1D3,2D3,3D2,4D2. The highest BCUT2D eigenvalue weighted by Crippen LogP contribution is 2.18. The van der Waals surface area contributed by atoms with Crippen molar-refractivity contribution in [3.63, 3.8) is 0 Å². The minimum atomic E-state index is -3.22. The van der Waals surface area contributed by atoms with Gasteiger partial charge in [-0.05, 0) is 31.0 Å². The number of H-pyrrole nitrogens is 1. The van der Waals surface area contributed by atoms with E-state index >= 15 is 0 Å². The van der Waals surface area contributed by atoms with Crippen molar-refractivity contribution in [2.75, 3.05) is 19.5 Å². The first-order chi connectivity index (χ1) is 11.7. The molecule has 0 radical (unpaired) electrons. The molecule has 2 rings (SSSR count). The summed E-state index contributed by atoms with van der Waals surface area (Å²) in [6.45, 7) is -13.2. The molecular weight excluding hydrogens is 196 g/mol. The summed E-state index contributed by atoms with van der Waals surface area (Å²) < 4.78 is 75.9. The first-order valence-corrected chi connectivity index (χ1v) is 5.02. The largest absolute Gasteiger partial charge is 0.361 e. The molecule has 16 heavy (non-hydrogen) atoms. The predicted molar refractivity (Wildman–Crippen MR) is 69.8 cm³/mol. The molecule has 1 N–H and O–H groups in total. The number of rotatable bonds is 5. The zero-order valence-corrected chi connectivity index (χ0v) is 8.75. The summed E-state index contributed by atoms with van der Waals surface area (Å²) in [4.78, 5) is 3.32. The van der Waals surface area contributed by atoms with Gasteiger partial charge in [0.05, 0.1) is 0 Å². The lowest BCUT2D eigenvalue weighted by Crippen LogP contribution is -2.25. The molecule has 1 aromatic heterocycles. The van der Waals surface area contributed by atoms with Gasteiger partial charge in [0, 0.05) is 37.4 Å². The summed E-state index contributed by atoms with van der Waals surface area (Å²) >= 11 is 0. The highest BCUT2D eigenvalue weighted by molar-refractivity contribution is 5.83. The Labute approximate surface area is 111 Å². The van der Waals surface area contributed by atoms with Crippen LogP contribution in [0.25, 0.3) is 10.9 Å². The molecule has 2 aromatic rings. The van der Waals surface area contributed by atoms with Gasteiger partial charge in [-0.2, -0.15) is 0 Å². The van der Waals surface area contributed by atoms with E-state index in [0.717, 1.165) is 10.9 Å². The van der Waals surface area contributed by atoms with E-state index in [0.29, 0.717) is 10.5 Å². The molecule has 0 aliphatic rings. The molecule has 1 heterocycles. The van der Waals surface area contributed by atoms with E-state index in [2.05, 4.69) is 4.98 Å². The highest BCUT2D eigenvalue weighted by atomic mass is 15.1. The number of benzene rings is 1. The molecule has 0 saturated carbocycles.